The standard InChI is InChI=1S/C24H21ClN2O5S/c1-13-18(22(28)30-4)19(21-26-16-7-5-6-8-17(16)33-21)20(31-13)27-23(29)24(2,3)32-15-11-9-14(25)10-12-15/h5-12H,1-4H3,(H,27,29). The van der Waals surface area contributed by atoms with Crippen LogP contribution in [0.25, 0.3) is 20.8 Å². The second kappa shape index (κ2) is 8.88. The molecule has 33 heavy (non-hydrogen) atoms. The van der Waals surface area contributed by atoms with Gasteiger partial charge in [0.25, 0.3) is 5.91 Å². The molecule has 0 spiro atoms. The van der Waals surface area contributed by atoms with Gasteiger partial charge in [-0.25, -0.2) is 9.78 Å². The Balaban J connectivity index is 1.72. The lowest BCUT2D eigenvalue weighted by atomic mass is 10.1. The minimum Gasteiger partial charge on any atom is -0.478 e. The maximum atomic E-state index is 13.2. The second-order valence-corrected chi connectivity index (χ2v) is 9.20. The predicted octanol–water partition coefficient (Wildman–Crippen LogP) is 6.10. The van der Waals surface area contributed by atoms with Gasteiger partial charge in [-0.1, -0.05) is 23.7 Å². The Labute approximate surface area is 199 Å². The van der Waals surface area contributed by atoms with Gasteiger partial charge in [0.2, 0.25) is 5.88 Å². The van der Waals surface area contributed by atoms with Gasteiger partial charge in [-0.15, -0.1) is 11.3 Å². The van der Waals surface area contributed by atoms with Crippen molar-refractivity contribution in [3.8, 4) is 16.3 Å². The van der Waals surface area contributed by atoms with Gasteiger partial charge in [0.1, 0.15) is 22.1 Å². The van der Waals surface area contributed by atoms with Crippen LogP contribution in [0.4, 0.5) is 5.88 Å². The zero-order valence-electron chi connectivity index (χ0n) is 18.4. The van der Waals surface area contributed by atoms with Gasteiger partial charge in [-0.05, 0) is 57.2 Å². The zero-order valence-corrected chi connectivity index (χ0v) is 20.0. The van der Waals surface area contributed by atoms with Crippen LogP contribution in [0.15, 0.2) is 52.9 Å². The lowest BCUT2D eigenvalue weighted by Gasteiger charge is -2.25. The predicted molar refractivity (Wildman–Crippen MR) is 128 cm³/mol. The van der Waals surface area contributed by atoms with Crippen molar-refractivity contribution >= 4 is 50.9 Å². The van der Waals surface area contributed by atoms with Gasteiger partial charge in [0.15, 0.2) is 5.60 Å². The number of nitrogens with zero attached hydrogens (tertiary/aromatic N) is 1. The molecular weight excluding hydrogens is 464 g/mol. The molecule has 4 rings (SSSR count). The molecule has 2 aromatic heterocycles. The van der Waals surface area contributed by atoms with Crippen LogP contribution >= 0.6 is 22.9 Å². The highest BCUT2D eigenvalue weighted by Gasteiger charge is 2.34. The third-order valence-electron chi connectivity index (χ3n) is 4.94. The van der Waals surface area contributed by atoms with Crippen LogP contribution in [0.1, 0.15) is 30.0 Å². The van der Waals surface area contributed by atoms with Crippen molar-refractivity contribution in [2.75, 3.05) is 12.4 Å². The van der Waals surface area contributed by atoms with Gasteiger partial charge < -0.3 is 13.9 Å². The second-order valence-electron chi connectivity index (χ2n) is 7.74. The molecule has 0 saturated heterocycles. The molecule has 0 saturated carbocycles. The molecule has 9 heteroatoms. The van der Waals surface area contributed by atoms with E-state index in [1.807, 2.05) is 24.3 Å². The summed E-state index contributed by atoms with van der Waals surface area (Å²) >= 11 is 7.31. The molecule has 0 radical (unpaired) electrons. The monoisotopic (exact) mass is 484 g/mol. The molecule has 0 aliphatic rings. The molecule has 0 fully saturated rings. The summed E-state index contributed by atoms with van der Waals surface area (Å²) in [5.74, 6) is -0.156. The number of thiazole rings is 1. The van der Waals surface area contributed by atoms with Gasteiger partial charge in [0.05, 0.1) is 22.9 Å². The molecule has 7 nitrogen and oxygen atoms in total. The average molecular weight is 485 g/mol. The molecule has 1 amide bonds. The smallest absolute Gasteiger partial charge is 0.342 e. The first kappa shape index (κ1) is 22.8. The molecule has 1 N–H and O–H groups in total. The number of methoxy groups -OCH3 is 1. The van der Waals surface area contributed by atoms with E-state index >= 15 is 0 Å². The molecule has 0 bridgehead atoms. The largest absolute Gasteiger partial charge is 0.478 e. The number of aryl methyl sites for hydroxylation is 1. The highest BCUT2D eigenvalue weighted by Crippen LogP contribution is 2.41. The Kier molecular flexibility index (Phi) is 6.14. The summed E-state index contributed by atoms with van der Waals surface area (Å²) < 4.78 is 17.6. The average Bonchev–Trinajstić information content (AvgIpc) is 3.34. The summed E-state index contributed by atoms with van der Waals surface area (Å²) in [6.07, 6.45) is 0. The van der Waals surface area contributed by atoms with Crippen LogP contribution in [0, 0.1) is 6.92 Å². The number of carbonyl (C=O) groups is 2. The van der Waals surface area contributed by atoms with Crippen molar-refractivity contribution in [1.82, 2.24) is 4.98 Å². The summed E-state index contributed by atoms with van der Waals surface area (Å²) in [6.45, 7) is 4.89. The molecule has 170 valence electrons. The Bertz CT molecular complexity index is 1310. The van der Waals surface area contributed by atoms with Crippen molar-refractivity contribution in [3.63, 3.8) is 0 Å². The van der Waals surface area contributed by atoms with E-state index in [4.69, 9.17) is 25.5 Å². The first-order chi connectivity index (χ1) is 15.7. The number of hydrogen-bond donors (Lipinski definition) is 1. The van der Waals surface area contributed by atoms with Crippen LogP contribution in [-0.4, -0.2) is 29.6 Å². The van der Waals surface area contributed by atoms with Gasteiger partial charge >= 0.3 is 5.97 Å². The molecule has 0 atom stereocenters. The van der Waals surface area contributed by atoms with Crippen molar-refractivity contribution in [1.29, 1.82) is 0 Å². The fourth-order valence-corrected chi connectivity index (χ4v) is 4.40. The fourth-order valence-electron chi connectivity index (χ4n) is 3.26. The molecular formula is C24H21ClN2O5S. The van der Waals surface area contributed by atoms with E-state index in [-0.39, 0.29) is 11.4 Å². The summed E-state index contributed by atoms with van der Waals surface area (Å²) in [5, 5.41) is 3.86. The lowest BCUT2D eigenvalue weighted by Crippen LogP contribution is -2.42. The maximum absolute atomic E-state index is 13.2. The summed E-state index contributed by atoms with van der Waals surface area (Å²) in [6, 6.07) is 14.3. The number of anilines is 1. The third-order valence-corrected chi connectivity index (χ3v) is 6.25. The number of amides is 1. The van der Waals surface area contributed by atoms with E-state index in [2.05, 4.69) is 10.3 Å². The Morgan fingerprint density at radius 1 is 1.12 bits per heavy atom. The highest BCUT2D eigenvalue weighted by atomic mass is 35.5. The Morgan fingerprint density at radius 3 is 2.48 bits per heavy atom. The molecule has 2 heterocycles. The van der Waals surface area contributed by atoms with Crippen LogP contribution in [0.5, 0.6) is 5.75 Å². The minimum atomic E-state index is -1.26. The van der Waals surface area contributed by atoms with E-state index in [0.717, 1.165) is 10.2 Å². The van der Waals surface area contributed by atoms with Crippen molar-refractivity contribution in [2.45, 2.75) is 26.4 Å². The maximum Gasteiger partial charge on any atom is 0.342 e. The number of hydrogen-bond acceptors (Lipinski definition) is 7. The number of halogens is 1. The number of fused-ring (bicyclic) bond motifs is 1. The molecule has 0 aliphatic carbocycles. The number of ether oxygens (including phenoxy) is 2. The number of furan rings is 1. The summed E-state index contributed by atoms with van der Waals surface area (Å²) in [4.78, 5) is 30.4. The first-order valence-electron chi connectivity index (χ1n) is 10.0. The van der Waals surface area contributed by atoms with Crippen molar-refractivity contribution in [2.24, 2.45) is 0 Å². The minimum absolute atomic E-state index is 0.102. The number of carbonyl (C=O) groups excluding carboxylic acids is 2. The third kappa shape index (κ3) is 4.58. The van der Waals surface area contributed by atoms with Crippen LogP contribution in [0.2, 0.25) is 5.02 Å². The van der Waals surface area contributed by atoms with Crippen LogP contribution in [0.3, 0.4) is 0 Å². The van der Waals surface area contributed by atoms with Crippen molar-refractivity contribution < 1.29 is 23.5 Å². The zero-order chi connectivity index (χ0) is 23.8. The Hall–Kier alpha value is -3.36. The number of rotatable bonds is 6. The number of benzene rings is 2. The topological polar surface area (TPSA) is 90.7 Å². The number of para-hydroxylation sites is 1. The van der Waals surface area contributed by atoms with E-state index in [1.165, 1.54) is 18.4 Å². The molecule has 4 aromatic rings. The Morgan fingerprint density at radius 2 is 1.82 bits per heavy atom. The highest BCUT2D eigenvalue weighted by molar-refractivity contribution is 7.21. The van der Waals surface area contributed by atoms with E-state index in [0.29, 0.717) is 27.1 Å². The van der Waals surface area contributed by atoms with Crippen LogP contribution < -0.4 is 10.1 Å². The fraction of sp³-hybridized carbons (Fsp3) is 0.208. The van der Waals surface area contributed by atoms with E-state index < -0.39 is 17.5 Å². The number of esters is 1. The van der Waals surface area contributed by atoms with Gasteiger partial charge in [-0.2, -0.15) is 0 Å². The quantitative estimate of drug-likeness (QED) is 0.332. The summed E-state index contributed by atoms with van der Waals surface area (Å²) in [7, 11) is 1.29. The first-order valence-corrected chi connectivity index (χ1v) is 11.2. The van der Waals surface area contributed by atoms with Crippen molar-refractivity contribution in [3.05, 3.63) is 64.9 Å². The van der Waals surface area contributed by atoms with E-state index in [1.54, 1.807) is 45.0 Å². The number of nitrogens with one attached hydrogen (secondary N) is 1. The summed E-state index contributed by atoms with van der Waals surface area (Å²) in [5.41, 5.74) is 0.0977. The van der Waals surface area contributed by atoms with E-state index in [9.17, 15) is 9.59 Å². The SMILES string of the molecule is COC(=O)c1c(C)oc(NC(=O)C(C)(C)Oc2ccc(Cl)cc2)c1-c1nc2ccccc2s1. The molecule has 0 aliphatic heterocycles. The molecule has 0 unspecified atom stereocenters. The van der Waals surface area contributed by atoms with Gasteiger partial charge in [-0.3, -0.25) is 10.1 Å². The van der Waals surface area contributed by atoms with Gasteiger partial charge in [0, 0.05) is 5.02 Å². The number of aromatic nitrogens is 1. The van der Waals surface area contributed by atoms with Crippen LogP contribution in [-0.2, 0) is 9.53 Å². The lowest BCUT2D eigenvalue weighted by molar-refractivity contribution is -0.128. The molecule has 2 aromatic carbocycles. The normalized spacial score (nSPS) is 11.4.